The fraction of sp³-hybridized carbons (Fsp3) is 0.103. The number of halogens is 2. The van der Waals surface area contributed by atoms with E-state index in [2.05, 4.69) is 116 Å². The van der Waals surface area contributed by atoms with Crippen LogP contribution in [0.3, 0.4) is 0 Å². The molecule has 1 nitrogen and oxygen atoms in total. The molecular formula is C29H24Cl2OTi. The number of allylic oxidation sites excluding steroid dienone is 4. The van der Waals surface area contributed by atoms with Gasteiger partial charge in [0, 0.05) is 0 Å². The van der Waals surface area contributed by atoms with Crippen molar-refractivity contribution in [2.24, 2.45) is 0 Å². The Balaban J connectivity index is 0.00000153. The predicted octanol–water partition coefficient (Wildman–Crippen LogP) is 1.01. The van der Waals surface area contributed by atoms with Gasteiger partial charge in [-0.1, -0.05) is 0 Å². The summed E-state index contributed by atoms with van der Waals surface area (Å²) in [6.07, 6.45) is 5.46. The van der Waals surface area contributed by atoms with Crippen molar-refractivity contribution in [3.63, 3.8) is 0 Å². The first-order chi connectivity index (χ1) is 15.3. The molecule has 4 heteroatoms. The van der Waals surface area contributed by atoms with Crippen LogP contribution in [-0.2, 0) is 22.9 Å². The van der Waals surface area contributed by atoms with Crippen molar-refractivity contribution in [3.05, 3.63) is 131 Å². The van der Waals surface area contributed by atoms with Gasteiger partial charge in [-0.2, -0.15) is 0 Å². The smallest absolute Gasteiger partial charge is 1.00 e. The van der Waals surface area contributed by atoms with Gasteiger partial charge in [0.2, 0.25) is 0 Å². The Kier molecular flexibility index (Phi) is 9.14. The van der Waals surface area contributed by atoms with Crippen molar-refractivity contribution in [1.82, 2.24) is 0 Å². The molecule has 4 aromatic rings. The van der Waals surface area contributed by atoms with Gasteiger partial charge in [-0.25, -0.2) is 0 Å². The summed E-state index contributed by atoms with van der Waals surface area (Å²) in [6.45, 7) is 2.22. The molecule has 0 saturated carbocycles. The van der Waals surface area contributed by atoms with Crippen LogP contribution in [-0.4, -0.2) is 0 Å². The molecular weight excluding hydrogens is 483 g/mol. The molecule has 1 aliphatic carbocycles. The van der Waals surface area contributed by atoms with Crippen LogP contribution in [0.2, 0.25) is 0 Å². The van der Waals surface area contributed by atoms with Crippen molar-refractivity contribution >= 4 is 20.2 Å². The van der Waals surface area contributed by atoms with Crippen LogP contribution in [0.25, 0.3) is 16.3 Å². The summed E-state index contributed by atoms with van der Waals surface area (Å²) < 4.78 is 8.22. The van der Waals surface area contributed by atoms with E-state index >= 15 is 0 Å². The largest absolute Gasteiger partial charge is 1.00 e. The van der Waals surface area contributed by atoms with Gasteiger partial charge < -0.3 is 24.8 Å². The number of rotatable bonds is 6. The first kappa shape index (κ1) is 25.5. The van der Waals surface area contributed by atoms with Crippen LogP contribution >= 0.6 is 0 Å². The van der Waals surface area contributed by atoms with Gasteiger partial charge in [0.05, 0.1) is 0 Å². The van der Waals surface area contributed by atoms with Crippen molar-refractivity contribution in [1.29, 1.82) is 0 Å². The second kappa shape index (κ2) is 11.8. The third-order valence-corrected chi connectivity index (χ3v) is 7.62. The maximum absolute atomic E-state index is 6.83. The summed E-state index contributed by atoms with van der Waals surface area (Å²) in [5.41, 5.74) is 6.57. The Bertz CT molecular complexity index is 1230. The molecule has 1 aliphatic rings. The molecule has 0 atom stereocenters. The summed E-state index contributed by atoms with van der Waals surface area (Å²) in [7, 11) is 0. The first-order valence-electron chi connectivity index (χ1n) is 10.7. The summed E-state index contributed by atoms with van der Waals surface area (Å²) in [5.74, 6) is 0. The van der Waals surface area contributed by atoms with Gasteiger partial charge >= 0.3 is 194 Å². The molecule has 0 aromatic heterocycles. The van der Waals surface area contributed by atoms with Gasteiger partial charge in [0.1, 0.15) is 0 Å². The van der Waals surface area contributed by atoms with Crippen LogP contribution in [0.15, 0.2) is 115 Å². The minimum atomic E-state index is -0.858. The van der Waals surface area contributed by atoms with Crippen LogP contribution in [0, 0.1) is 0 Å². The summed E-state index contributed by atoms with van der Waals surface area (Å²) in [5, 5.41) is 2.61. The van der Waals surface area contributed by atoms with E-state index in [1.807, 2.05) is 0 Å². The van der Waals surface area contributed by atoms with E-state index in [0.29, 0.717) is 0 Å². The molecule has 4 aromatic carbocycles. The van der Waals surface area contributed by atoms with Crippen molar-refractivity contribution in [2.75, 3.05) is 0 Å². The number of benzene rings is 4. The van der Waals surface area contributed by atoms with E-state index in [-0.39, 0.29) is 30.9 Å². The van der Waals surface area contributed by atoms with Gasteiger partial charge in [0.25, 0.3) is 0 Å². The Morgan fingerprint density at radius 2 is 1.33 bits per heavy atom. The Labute approximate surface area is 217 Å². The maximum Gasteiger partial charge on any atom is -1.00 e. The molecule has 0 amide bonds. The average molecular weight is 507 g/mol. The molecule has 0 N–H and O–H groups in total. The average Bonchev–Trinajstić information content (AvgIpc) is 3.26. The van der Waals surface area contributed by atoms with Gasteiger partial charge in [-0.15, -0.1) is 0 Å². The Hall–Kier alpha value is -2.13. The quantitative estimate of drug-likeness (QED) is 0.355. The molecule has 0 unspecified atom stereocenters. The monoisotopic (exact) mass is 506 g/mol. The Morgan fingerprint density at radius 1 is 0.727 bits per heavy atom. The molecule has 0 fully saturated rings. The van der Waals surface area contributed by atoms with Gasteiger partial charge in [0.15, 0.2) is 0 Å². The van der Waals surface area contributed by atoms with Crippen molar-refractivity contribution < 1.29 is 47.7 Å². The topological polar surface area (TPSA) is 9.23 Å². The molecule has 0 aliphatic heterocycles. The van der Waals surface area contributed by atoms with Crippen LogP contribution in [0.1, 0.15) is 36.1 Å². The minimum absolute atomic E-state index is 0. The Morgan fingerprint density at radius 3 is 1.94 bits per heavy atom. The van der Waals surface area contributed by atoms with Crippen LogP contribution in [0.5, 0.6) is 0 Å². The zero-order valence-corrected chi connectivity index (χ0v) is 21.4. The van der Waals surface area contributed by atoms with Crippen LogP contribution < -0.4 is 28.7 Å². The molecule has 0 spiro atoms. The standard InChI is InChI=1S/C16H13.C13H11O.2ClH.Ti/c1-12-5-4-8-16(12)15-10-9-13-6-2-3-7-14(13)11-15;14-13(11-7-3-1-4-8-11)12-9-5-2-6-10-12;;;/h2-7,9-10H,8H2,1H3;1-10,13H;2*1H;/q;-1;;;+3/p-2. The van der Waals surface area contributed by atoms with Gasteiger partial charge in [-0.05, 0) is 0 Å². The first-order valence-corrected chi connectivity index (χ1v) is 12.1. The van der Waals surface area contributed by atoms with E-state index in [1.165, 1.54) is 42.5 Å². The second-order valence-electron chi connectivity index (χ2n) is 7.90. The van der Waals surface area contributed by atoms with E-state index in [9.17, 15) is 0 Å². The summed E-state index contributed by atoms with van der Waals surface area (Å²) in [4.78, 5) is 0. The molecule has 5 rings (SSSR count). The van der Waals surface area contributed by atoms with E-state index < -0.39 is 19.5 Å². The third-order valence-electron chi connectivity index (χ3n) is 5.90. The SMILES string of the molecule is CC1=C(c2ccc3ccccc3[c]2[Ti+2][O]C(c2ccccc2)c2ccccc2)CC=C1.[Cl-].[Cl-]. The fourth-order valence-corrected chi connectivity index (χ4v) is 6.13. The van der Waals surface area contributed by atoms with Crippen LogP contribution in [0.4, 0.5) is 0 Å². The van der Waals surface area contributed by atoms with Crippen molar-refractivity contribution in [3.8, 4) is 0 Å². The predicted molar refractivity (Wildman–Crippen MR) is 126 cm³/mol. The second-order valence-corrected chi connectivity index (χ2v) is 9.37. The molecule has 164 valence electrons. The molecule has 0 saturated heterocycles. The van der Waals surface area contributed by atoms with Crippen molar-refractivity contribution in [2.45, 2.75) is 19.4 Å². The number of fused-ring (bicyclic) bond motifs is 1. The number of hydrogen-bond acceptors (Lipinski definition) is 1. The molecule has 0 bridgehead atoms. The van der Waals surface area contributed by atoms with E-state index in [1.54, 1.807) is 0 Å². The molecule has 0 heterocycles. The molecule has 0 radical (unpaired) electrons. The third kappa shape index (κ3) is 5.52. The normalized spacial score (nSPS) is 12.4. The fourth-order valence-electron chi connectivity index (χ4n) is 4.27. The van der Waals surface area contributed by atoms with Gasteiger partial charge in [-0.3, -0.25) is 0 Å². The van der Waals surface area contributed by atoms with E-state index in [0.717, 1.165) is 6.42 Å². The number of hydrogen-bond donors (Lipinski definition) is 0. The maximum atomic E-state index is 6.83. The summed E-state index contributed by atoms with van der Waals surface area (Å²) >= 11 is -0.858. The van der Waals surface area contributed by atoms with E-state index in [4.69, 9.17) is 3.32 Å². The zero-order chi connectivity index (χ0) is 21.0. The molecule has 33 heavy (non-hydrogen) atoms. The zero-order valence-electron chi connectivity index (χ0n) is 18.3. The summed E-state index contributed by atoms with van der Waals surface area (Å²) in [6, 6.07) is 34.4. The minimum Gasteiger partial charge on any atom is -1.00 e.